The molecule has 12 heteroatoms. The maximum atomic E-state index is 14.9. The van der Waals surface area contributed by atoms with Crippen LogP contribution < -0.4 is 10.0 Å². The van der Waals surface area contributed by atoms with Crippen LogP contribution in [0.1, 0.15) is 23.7 Å². The summed E-state index contributed by atoms with van der Waals surface area (Å²) >= 11 is 6.20. The molecular formula is C22H18ClF2N5O3S. The Morgan fingerprint density at radius 1 is 1.18 bits per heavy atom. The summed E-state index contributed by atoms with van der Waals surface area (Å²) in [4.78, 5) is 24.2. The fraction of sp³-hybridized carbons (Fsp3) is 0.136. The van der Waals surface area contributed by atoms with E-state index in [1.165, 1.54) is 12.3 Å². The highest BCUT2D eigenvalue weighted by molar-refractivity contribution is 7.92. The van der Waals surface area contributed by atoms with Crippen LogP contribution >= 0.6 is 11.6 Å². The number of anilines is 2. The van der Waals surface area contributed by atoms with Crippen molar-refractivity contribution < 1.29 is 22.0 Å². The number of halogens is 3. The molecule has 0 radical (unpaired) electrons. The number of hydrogen-bond acceptors (Lipinski definition) is 5. The molecule has 0 saturated carbocycles. The van der Waals surface area contributed by atoms with Crippen LogP contribution in [0.25, 0.3) is 22.6 Å². The van der Waals surface area contributed by atoms with Crippen molar-refractivity contribution in [3.8, 4) is 11.4 Å². The Labute approximate surface area is 198 Å². The molecule has 0 saturated heterocycles. The molecule has 0 unspecified atom stereocenters. The summed E-state index contributed by atoms with van der Waals surface area (Å²) in [5.74, 6) is -3.38. The summed E-state index contributed by atoms with van der Waals surface area (Å²) in [6.07, 6.45) is 1.58. The highest BCUT2D eigenvalue weighted by Crippen LogP contribution is 2.28. The van der Waals surface area contributed by atoms with Crippen molar-refractivity contribution in [1.29, 1.82) is 0 Å². The number of carbonyl (C=O) groups excluding carboxylic acids is 1. The Hall–Kier alpha value is -3.57. The molecule has 3 N–H and O–H groups in total. The number of fused-ring (bicyclic) bond motifs is 1. The summed E-state index contributed by atoms with van der Waals surface area (Å²) in [5, 5.41) is 2.86. The summed E-state index contributed by atoms with van der Waals surface area (Å²) < 4.78 is 55.1. The van der Waals surface area contributed by atoms with Crippen LogP contribution in [0.2, 0.25) is 5.02 Å². The van der Waals surface area contributed by atoms with E-state index in [0.29, 0.717) is 34.0 Å². The van der Waals surface area contributed by atoms with E-state index in [1.54, 1.807) is 31.2 Å². The number of nitrogens with one attached hydrogen (secondary N) is 3. The lowest BCUT2D eigenvalue weighted by Gasteiger charge is -2.12. The first-order chi connectivity index (χ1) is 16.2. The predicted molar refractivity (Wildman–Crippen MR) is 126 cm³/mol. The number of aromatic amines is 1. The SMILES string of the molecule is CCCS(=O)(=O)Nc1ccc(F)c(C(=O)Nc2cnc3nc(-c4ccccc4Cl)[nH]c3c2)c1F. The highest BCUT2D eigenvalue weighted by Gasteiger charge is 2.23. The Bertz CT molecular complexity index is 1510. The second-order valence-electron chi connectivity index (χ2n) is 7.32. The standard InChI is InChI=1S/C22H18ClF2N5O3S/c1-2-9-34(32,33)30-16-8-7-15(24)18(19(16)25)22(31)27-12-10-17-21(26-11-12)29-20(28-17)13-5-3-4-6-14(13)23/h3-8,10-11,30H,2,9H2,1H3,(H,27,31)(H,26,28,29). The van der Waals surface area contributed by atoms with Gasteiger partial charge in [-0.05, 0) is 36.8 Å². The molecule has 0 aliphatic rings. The first-order valence-corrected chi connectivity index (χ1v) is 12.1. The molecule has 34 heavy (non-hydrogen) atoms. The zero-order chi connectivity index (χ0) is 24.5. The van der Waals surface area contributed by atoms with Crippen LogP contribution in [-0.4, -0.2) is 35.0 Å². The third-order valence-corrected chi connectivity index (χ3v) is 6.59. The number of amides is 1. The number of rotatable bonds is 7. The summed E-state index contributed by atoms with van der Waals surface area (Å²) in [5.41, 5.74) is 0.138. The minimum Gasteiger partial charge on any atom is -0.336 e. The summed E-state index contributed by atoms with van der Waals surface area (Å²) in [7, 11) is -3.84. The number of hydrogen-bond donors (Lipinski definition) is 3. The van der Waals surface area contributed by atoms with E-state index >= 15 is 0 Å². The second-order valence-corrected chi connectivity index (χ2v) is 9.57. The van der Waals surface area contributed by atoms with Crippen LogP contribution in [0, 0.1) is 11.6 Å². The molecule has 0 fully saturated rings. The number of H-pyrrole nitrogens is 1. The Morgan fingerprint density at radius 2 is 1.94 bits per heavy atom. The van der Waals surface area contributed by atoms with E-state index in [4.69, 9.17) is 11.6 Å². The van der Waals surface area contributed by atoms with Gasteiger partial charge in [-0.15, -0.1) is 0 Å². The van der Waals surface area contributed by atoms with E-state index in [1.807, 2.05) is 4.72 Å². The lowest BCUT2D eigenvalue weighted by molar-refractivity contribution is 0.101. The normalized spacial score (nSPS) is 11.5. The van der Waals surface area contributed by atoms with Crippen LogP contribution in [0.5, 0.6) is 0 Å². The first kappa shape index (κ1) is 23.6. The Morgan fingerprint density at radius 3 is 2.68 bits per heavy atom. The number of carbonyl (C=O) groups is 1. The molecule has 8 nitrogen and oxygen atoms in total. The molecule has 0 spiro atoms. The topological polar surface area (TPSA) is 117 Å². The molecule has 0 aliphatic carbocycles. The van der Waals surface area contributed by atoms with Crippen molar-refractivity contribution in [2.24, 2.45) is 0 Å². The molecule has 2 aromatic carbocycles. The molecule has 1 amide bonds. The van der Waals surface area contributed by atoms with Gasteiger partial charge in [0.2, 0.25) is 10.0 Å². The summed E-state index contributed by atoms with van der Waals surface area (Å²) in [6, 6.07) is 10.3. The fourth-order valence-electron chi connectivity index (χ4n) is 3.27. The molecule has 2 aromatic heterocycles. The Kier molecular flexibility index (Phi) is 6.49. The number of sulfonamides is 1. The monoisotopic (exact) mass is 505 g/mol. The smallest absolute Gasteiger partial charge is 0.261 e. The molecular weight excluding hydrogens is 488 g/mol. The molecule has 0 bridgehead atoms. The maximum absolute atomic E-state index is 14.9. The van der Waals surface area contributed by atoms with E-state index in [0.717, 1.165) is 12.1 Å². The quantitative estimate of drug-likeness (QED) is 0.328. The zero-order valence-electron chi connectivity index (χ0n) is 17.7. The van der Waals surface area contributed by atoms with Crippen LogP contribution in [0.15, 0.2) is 48.7 Å². The third kappa shape index (κ3) is 4.85. The van der Waals surface area contributed by atoms with Crippen LogP contribution in [0.4, 0.5) is 20.2 Å². The largest absolute Gasteiger partial charge is 0.336 e. The number of aromatic nitrogens is 3. The lowest BCUT2D eigenvalue weighted by Crippen LogP contribution is -2.20. The average Bonchev–Trinajstić information content (AvgIpc) is 3.19. The van der Waals surface area contributed by atoms with E-state index in [9.17, 15) is 22.0 Å². The van der Waals surface area contributed by atoms with Gasteiger partial charge in [-0.3, -0.25) is 9.52 Å². The number of benzene rings is 2. The minimum absolute atomic E-state index is 0.141. The highest BCUT2D eigenvalue weighted by atomic mass is 35.5. The van der Waals surface area contributed by atoms with Gasteiger partial charge < -0.3 is 10.3 Å². The van der Waals surface area contributed by atoms with E-state index in [2.05, 4.69) is 20.3 Å². The summed E-state index contributed by atoms with van der Waals surface area (Å²) in [6.45, 7) is 1.64. The molecule has 176 valence electrons. The molecule has 4 aromatic rings. The number of pyridine rings is 1. The third-order valence-electron chi connectivity index (χ3n) is 4.78. The van der Waals surface area contributed by atoms with Gasteiger partial charge in [0.1, 0.15) is 17.2 Å². The van der Waals surface area contributed by atoms with Gasteiger partial charge in [0.25, 0.3) is 5.91 Å². The number of nitrogens with zero attached hydrogens (tertiary/aromatic N) is 2. The average molecular weight is 506 g/mol. The van der Waals surface area contributed by atoms with Gasteiger partial charge in [-0.25, -0.2) is 27.2 Å². The molecule has 2 heterocycles. The van der Waals surface area contributed by atoms with Crippen molar-refractivity contribution in [1.82, 2.24) is 15.0 Å². The fourth-order valence-corrected chi connectivity index (χ4v) is 4.63. The van der Waals surface area contributed by atoms with Gasteiger partial charge in [0.15, 0.2) is 11.5 Å². The predicted octanol–water partition coefficient (Wildman–Crippen LogP) is 4.96. The first-order valence-electron chi connectivity index (χ1n) is 10.1. The molecule has 0 atom stereocenters. The van der Waals surface area contributed by atoms with Gasteiger partial charge in [-0.2, -0.15) is 0 Å². The van der Waals surface area contributed by atoms with Gasteiger partial charge in [0.05, 0.1) is 33.9 Å². The van der Waals surface area contributed by atoms with E-state index < -0.39 is 38.8 Å². The van der Waals surface area contributed by atoms with Gasteiger partial charge in [-0.1, -0.05) is 30.7 Å². The van der Waals surface area contributed by atoms with Crippen molar-refractivity contribution in [2.75, 3.05) is 15.8 Å². The van der Waals surface area contributed by atoms with Gasteiger partial charge in [0, 0.05) is 5.56 Å². The van der Waals surface area contributed by atoms with Crippen molar-refractivity contribution in [3.05, 3.63) is 70.9 Å². The maximum Gasteiger partial charge on any atom is 0.261 e. The van der Waals surface area contributed by atoms with Gasteiger partial charge >= 0.3 is 0 Å². The second kappa shape index (κ2) is 9.35. The van der Waals surface area contributed by atoms with Crippen LogP contribution in [0.3, 0.4) is 0 Å². The van der Waals surface area contributed by atoms with E-state index in [-0.39, 0.29) is 11.4 Å². The Balaban J connectivity index is 1.62. The number of imidazole rings is 1. The lowest BCUT2D eigenvalue weighted by atomic mass is 10.1. The van der Waals surface area contributed by atoms with Crippen LogP contribution in [-0.2, 0) is 10.0 Å². The van der Waals surface area contributed by atoms with Crippen molar-refractivity contribution >= 4 is 50.1 Å². The van der Waals surface area contributed by atoms with Crippen molar-refractivity contribution in [3.63, 3.8) is 0 Å². The molecule has 0 aliphatic heterocycles. The minimum atomic E-state index is -3.84. The molecule has 4 rings (SSSR count). The zero-order valence-corrected chi connectivity index (χ0v) is 19.3. The van der Waals surface area contributed by atoms with Crippen molar-refractivity contribution in [2.45, 2.75) is 13.3 Å².